The third-order valence-electron chi connectivity index (χ3n) is 1.89. The molecule has 0 radical (unpaired) electrons. The highest BCUT2D eigenvalue weighted by Gasteiger charge is 2.12. The van der Waals surface area contributed by atoms with Gasteiger partial charge in [0.05, 0.1) is 6.54 Å². The largest absolute Gasteiger partial charge is 1.00 e. The molecular weight excluding hydrogens is 154 g/mol. The van der Waals surface area contributed by atoms with Crippen LogP contribution < -0.4 is 5.73 Å². The highest BCUT2D eigenvalue weighted by atomic mass is 16.2. The molecule has 0 bridgehead atoms. The topological polar surface area (TPSA) is 51.3 Å². The van der Waals surface area contributed by atoms with Crippen molar-refractivity contribution in [2.75, 3.05) is 0 Å². The van der Waals surface area contributed by atoms with Crippen LogP contribution in [0.25, 0.3) is 6.20 Å². The van der Waals surface area contributed by atoms with E-state index in [0.717, 1.165) is 5.69 Å². The van der Waals surface area contributed by atoms with Gasteiger partial charge in [0, 0.05) is 24.3 Å². The van der Waals surface area contributed by atoms with Crippen LogP contribution in [-0.4, -0.2) is 15.5 Å². The van der Waals surface area contributed by atoms with Gasteiger partial charge in [-0.3, -0.25) is 4.90 Å². The number of amides is 2. The zero-order valence-electron chi connectivity index (χ0n) is 7.47. The molecule has 12 heavy (non-hydrogen) atoms. The molecular formula is C8H10N3O+. The number of rotatable bonds is 0. The van der Waals surface area contributed by atoms with Gasteiger partial charge in [-0.1, -0.05) is 0 Å². The SMILES string of the molecule is NC(=O)N1C=Cn2cccc2C1.[H+]. The smallest absolute Gasteiger partial charge is 0.351 e. The van der Waals surface area contributed by atoms with E-state index >= 15 is 0 Å². The van der Waals surface area contributed by atoms with Crippen LogP contribution in [0.15, 0.2) is 24.5 Å². The molecule has 0 atom stereocenters. The molecule has 2 rings (SSSR count). The number of urea groups is 1. The lowest BCUT2D eigenvalue weighted by atomic mass is 10.3. The Hall–Kier alpha value is -1.71. The maximum absolute atomic E-state index is 10.8. The lowest BCUT2D eigenvalue weighted by molar-refractivity contribution is 0.222. The summed E-state index contributed by atoms with van der Waals surface area (Å²) in [7, 11) is 0. The third-order valence-corrected chi connectivity index (χ3v) is 1.89. The van der Waals surface area contributed by atoms with Crippen molar-refractivity contribution in [3.8, 4) is 0 Å². The number of nitrogens with two attached hydrogens (primary N) is 1. The predicted molar refractivity (Wildman–Crippen MR) is 46.0 cm³/mol. The summed E-state index contributed by atoms with van der Waals surface area (Å²) in [5.41, 5.74) is 6.19. The summed E-state index contributed by atoms with van der Waals surface area (Å²) < 4.78 is 1.96. The summed E-state index contributed by atoms with van der Waals surface area (Å²) in [5.74, 6) is 0. The van der Waals surface area contributed by atoms with Crippen LogP contribution in [0.5, 0.6) is 0 Å². The molecule has 1 aliphatic rings. The lowest BCUT2D eigenvalue weighted by Crippen LogP contribution is -2.32. The van der Waals surface area contributed by atoms with Gasteiger partial charge in [0.1, 0.15) is 0 Å². The fourth-order valence-electron chi connectivity index (χ4n) is 1.24. The van der Waals surface area contributed by atoms with Gasteiger partial charge in [-0.15, -0.1) is 0 Å². The minimum atomic E-state index is -0.418. The van der Waals surface area contributed by atoms with Crippen LogP contribution >= 0.6 is 0 Å². The molecule has 62 valence electrons. The molecule has 0 spiro atoms. The monoisotopic (exact) mass is 164 g/mol. The third kappa shape index (κ3) is 0.972. The van der Waals surface area contributed by atoms with E-state index in [2.05, 4.69) is 0 Å². The number of carbonyl (C=O) groups excluding carboxylic acids is 1. The van der Waals surface area contributed by atoms with Crippen molar-refractivity contribution in [1.82, 2.24) is 9.47 Å². The molecule has 4 heteroatoms. The second kappa shape index (κ2) is 2.41. The van der Waals surface area contributed by atoms with Gasteiger partial charge >= 0.3 is 7.46 Å². The van der Waals surface area contributed by atoms with E-state index in [9.17, 15) is 4.79 Å². The molecule has 2 N–H and O–H groups in total. The summed E-state index contributed by atoms with van der Waals surface area (Å²) in [6.45, 7) is 0.554. The van der Waals surface area contributed by atoms with Crippen molar-refractivity contribution in [2.24, 2.45) is 5.73 Å². The molecule has 0 fully saturated rings. The van der Waals surface area contributed by atoms with E-state index in [1.54, 1.807) is 6.20 Å². The number of aromatic nitrogens is 1. The lowest BCUT2D eigenvalue weighted by Gasteiger charge is -2.20. The first-order valence-corrected chi connectivity index (χ1v) is 3.67. The molecule has 0 aliphatic carbocycles. The normalized spacial score (nSPS) is 14.5. The highest BCUT2D eigenvalue weighted by Crippen LogP contribution is 2.12. The van der Waals surface area contributed by atoms with Crippen LogP contribution in [0.2, 0.25) is 0 Å². The quantitative estimate of drug-likeness (QED) is 0.609. The Morgan fingerprint density at radius 1 is 1.58 bits per heavy atom. The molecule has 0 saturated carbocycles. The van der Waals surface area contributed by atoms with Crippen molar-refractivity contribution >= 4 is 12.2 Å². The maximum atomic E-state index is 10.8. The Morgan fingerprint density at radius 3 is 3.17 bits per heavy atom. The van der Waals surface area contributed by atoms with Crippen LogP contribution in [0, 0.1) is 0 Å². The molecule has 0 unspecified atom stereocenters. The summed E-state index contributed by atoms with van der Waals surface area (Å²) in [4.78, 5) is 12.2. The first-order chi connectivity index (χ1) is 5.77. The predicted octanol–water partition coefficient (Wildman–Crippen LogP) is 0.923. The molecule has 1 aliphatic heterocycles. The first-order valence-electron chi connectivity index (χ1n) is 3.67. The number of carbonyl (C=O) groups is 1. The van der Waals surface area contributed by atoms with Gasteiger partial charge in [0.2, 0.25) is 0 Å². The fraction of sp³-hybridized carbons (Fsp3) is 0.125. The van der Waals surface area contributed by atoms with E-state index in [4.69, 9.17) is 5.73 Å². The van der Waals surface area contributed by atoms with Crippen LogP contribution in [-0.2, 0) is 6.54 Å². The molecule has 4 nitrogen and oxygen atoms in total. The van der Waals surface area contributed by atoms with Crippen molar-refractivity contribution in [2.45, 2.75) is 6.54 Å². The molecule has 0 aromatic carbocycles. The summed E-state index contributed by atoms with van der Waals surface area (Å²) in [5, 5.41) is 0. The average Bonchev–Trinajstić information content (AvgIpc) is 2.49. The Labute approximate surface area is 71.4 Å². The average molecular weight is 164 g/mol. The van der Waals surface area contributed by atoms with Gasteiger partial charge in [-0.05, 0) is 12.1 Å². The summed E-state index contributed by atoms with van der Waals surface area (Å²) in [6.07, 6.45) is 5.42. The Morgan fingerprint density at radius 2 is 2.42 bits per heavy atom. The second-order valence-corrected chi connectivity index (χ2v) is 2.67. The van der Waals surface area contributed by atoms with E-state index < -0.39 is 6.03 Å². The van der Waals surface area contributed by atoms with Gasteiger partial charge in [-0.25, -0.2) is 4.79 Å². The Kier molecular flexibility index (Phi) is 1.40. The highest BCUT2D eigenvalue weighted by molar-refractivity contribution is 5.74. The molecule has 2 amide bonds. The molecule has 2 heterocycles. The van der Waals surface area contributed by atoms with Gasteiger partial charge in [0.25, 0.3) is 0 Å². The number of fused-ring (bicyclic) bond motifs is 1. The van der Waals surface area contributed by atoms with Crippen LogP contribution in [0.3, 0.4) is 0 Å². The van der Waals surface area contributed by atoms with Gasteiger partial charge in [-0.2, -0.15) is 0 Å². The summed E-state index contributed by atoms with van der Waals surface area (Å²) >= 11 is 0. The molecule has 1 aromatic rings. The molecule has 1 aromatic heterocycles. The van der Waals surface area contributed by atoms with E-state index in [1.807, 2.05) is 29.1 Å². The van der Waals surface area contributed by atoms with Gasteiger partial charge < -0.3 is 10.3 Å². The van der Waals surface area contributed by atoms with Crippen molar-refractivity contribution in [1.29, 1.82) is 0 Å². The van der Waals surface area contributed by atoms with Crippen molar-refractivity contribution < 1.29 is 6.22 Å². The minimum absolute atomic E-state index is 0. The number of hydrogen-bond acceptors (Lipinski definition) is 1. The number of primary amides is 1. The zero-order valence-corrected chi connectivity index (χ0v) is 6.47. The standard InChI is InChI=1S/C8H9N3O/c9-8(12)11-5-4-10-3-1-2-7(10)6-11/h1-5H,6H2,(H2,9,12)/p+1. The summed E-state index contributed by atoms with van der Waals surface area (Å²) in [6, 6.07) is 3.47. The van der Waals surface area contributed by atoms with Crippen LogP contribution in [0.4, 0.5) is 4.79 Å². The number of hydrogen-bond donors (Lipinski definition) is 1. The number of nitrogens with zero attached hydrogens (tertiary/aromatic N) is 2. The molecule has 0 saturated heterocycles. The van der Waals surface area contributed by atoms with Crippen molar-refractivity contribution in [3.05, 3.63) is 30.2 Å². The van der Waals surface area contributed by atoms with Crippen LogP contribution in [0.1, 0.15) is 7.12 Å². The Balaban J connectivity index is 0.000000845. The fourth-order valence-corrected chi connectivity index (χ4v) is 1.24. The van der Waals surface area contributed by atoms with E-state index in [-0.39, 0.29) is 1.43 Å². The maximum Gasteiger partial charge on any atom is 1.00 e. The van der Waals surface area contributed by atoms with Crippen molar-refractivity contribution in [3.63, 3.8) is 0 Å². The first kappa shape index (κ1) is 6.97. The second-order valence-electron chi connectivity index (χ2n) is 2.67. The van der Waals surface area contributed by atoms with E-state index in [1.165, 1.54) is 4.90 Å². The zero-order chi connectivity index (χ0) is 8.55. The Bertz CT molecular complexity index is 345. The minimum Gasteiger partial charge on any atom is -0.351 e. The van der Waals surface area contributed by atoms with Gasteiger partial charge in [0.15, 0.2) is 0 Å². The van der Waals surface area contributed by atoms with E-state index in [0.29, 0.717) is 6.54 Å².